The third kappa shape index (κ3) is 2.28. The summed E-state index contributed by atoms with van der Waals surface area (Å²) in [5, 5.41) is 1.04. The number of para-hydroxylation sites is 1. The minimum Gasteiger partial charge on any atom is -0.369 e. The quantitative estimate of drug-likeness (QED) is 0.875. The van der Waals surface area contributed by atoms with Gasteiger partial charge in [-0.15, -0.1) is 0 Å². The summed E-state index contributed by atoms with van der Waals surface area (Å²) < 4.78 is 0. The average Bonchev–Trinajstić information content (AvgIpc) is 2.27. The fraction of sp³-hybridized carbons (Fsp3) is 0.286. The van der Waals surface area contributed by atoms with E-state index in [9.17, 15) is 4.79 Å². The number of primary amides is 1. The number of nitrogens with zero attached hydrogens (tertiary/aromatic N) is 1. The molecule has 0 saturated carbocycles. The summed E-state index contributed by atoms with van der Waals surface area (Å²) in [5.74, 6) is -0.307. The molecule has 2 N–H and O–H groups in total. The van der Waals surface area contributed by atoms with Gasteiger partial charge in [0.15, 0.2) is 0 Å². The van der Waals surface area contributed by atoms with Crippen molar-refractivity contribution in [1.82, 2.24) is 4.98 Å². The molecule has 0 bridgehead atoms. The van der Waals surface area contributed by atoms with Crippen LogP contribution in [0.3, 0.4) is 0 Å². The molecule has 0 unspecified atom stereocenters. The molecule has 1 amide bonds. The topological polar surface area (TPSA) is 56.0 Å². The van der Waals surface area contributed by atoms with E-state index in [1.165, 1.54) is 5.56 Å². The molecule has 0 saturated heterocycles. The smallest absolute Gasteiger partial charge is 0.221 e. The molecule has 1 aromatic heterocycles. The molecule has 88 valence electrons. The molecule has 0 fully saturated rings. The van der Waals surface area contributed by atoms with Gasteiger partial charge >= 0.3 is 0 Å². The summed E-state index contributed by atoms with van der Waals surface area (Å²) in [6, 6.07) is 8.01. The number of carbonyl (C=O) groups is 1. The lowest BCUT2D eigenvalue weighted by Gasteiger charge is -2.09. The van der Waals surface area contributed by atoms with Crippen LogP contribution in [0.4, 0.5) is 0 Å². The Kier molecular flexibility index (Phi) is 3.09. The number of fused-ring (bicyclic) bond motifs is 1. The minimum atomic E-state index is -0.307. The van der Waals surface area contributed by atoms with Crippen LogP contribution in [0.1, 0.15) is 23.7 Å². The zero-order valence-corrected chi connectivity index (χ0v) is 10.2. The fourth-order valence-electron chi connectivity index (χ4n) is 2.14. The number of aryl methyl sites for hydroxylation is 2. The van der Waals surface area contributed by atoms with E-state index >= 15 is 0 Å². The fourth-order valence-corrected chi connectivity index (χ4v) is 2.14. The molecule has 1 aromatic carbocycles. The molecular formula is C14H16N2O. The predicted molar refractivity (Wildman–Crippen MR) is 68.8 cm³/mol. The van der Waals surface area contributed by atoms with Crippen LogP contribution < -0.4 is 5.73 Å². The SMILES string of the molecule is CCc1cccc2c(CC(N)=O)cc(C)nc12. The maximum atomic E-state index is 11.1. The Hall–Kier alpha value is -1.90. The molecule has 0 radical (unpaired) electrons. The normalized spacial score (nSPS) is 10.7. The highest BCUT2D eigenvalue weighted by molar-refractivity contribution is 5.89. The Morgan fingerprint density at radius 2 is 2.12 bits per heavy atom. The Balaban J connectivity index is 2.71. The van der Waals surface area contributed by atoms with Crippen molar-refractivity contribution in [3.8, 4) is 0 Å². The standard InChI is InChI=1S/C14H16N2O/c1-3-10-5-4-6-12-11(8-13(15)17)7-9(2)16-14(10)12/h4-7H,3,8H2,1-2H3,(H2,15,17). The highest BCUT2D eigenvalue weighted by Crippen LogP contribution is 2.22. The Labute approximate surface area is 101 Å². The van der Waals surface area contributed by atoms with Crippen LogP contribution >= 0.6 is 0 Å². The lowest BCUT2D eigenvalue weighted by Crippen LogP contribution is -2.14. The number of pyridine rings is 1. The second-order valence-electron chi connectivity index (χ2n) is 4.23. The van der Waals surface area contributed by atoms with Crippen molar-refractivity contribution in [2.24, 2.45) is 5.73 Å². The number of amides is 1. The van der Waals surface area contributed by atoms with E-state index in [2.05, 4.69) is 18.0 Å². The monoisotopic (exact) mass is 228 g/mol. The van der Waals surface area contributed by atoms with Crippen molar-refractivity contribution in [2.45, 2.75) is 26.7 Å². The van der Waals surface area contributed by atoms with Crippen molar-refractivity contribution < 1.29 is 4.79 Å². The third-order valence-corrected chi connectivity index (χ3v) is 2.88. The second-order valence-corrected chi connectivity index (χ2v) is 4.23. The molecular weight excluding hydrogens is 212 g/mol. The molecule has 3 heteroatoms. The number of hydrogen-bond donors (Lipinski definition) is 1. The van der Waals surface area contributed by atoms with Crippen LogP contribution in [0.2, 0.25) is 0 Å². The van der Waals surface area contributed by atoms with E-state index in [-0.39, 0.29) is 12.3 Å². The van der Waals surface area contributed by atoms with Gasteiger partial charge in [-0.3, -0.25) is 9.78 Å². The van der Waals surface area contributed by atoms with Gasteiger partial charge in [-0.1, -0.05) is 25.1 Å². The van der Waals surface area contributed by atoms with E-state index in [1.807, 2.05) is 25.1 Å². The van der Waals surface area contributed by atoms with Gasteiger partial charge in [0.05, 0.1) is 11.9 Å². The van der Waals surface area contributed by atoms with Gasteiger partial charge < -0.3 is 5.73 Å². The van der Waals surface area contributed by atoms with Crippen LogP contribution in [0.25, 0.3) is 10.9 Å². The summed E-state index contributed by atoms with van der Waals surface area (Å²) in [6.45, 7) is 4.04. The molecule has 0 spiro atoms. The molecule has 2 aromatic rings. The van der Waals surface area contributed by atoms with Crippen LogP contribution in [0.15, 0.2) is 24.3 Å². The van der Waals surface area contributed by atoms with E-state index in [4.69, 9.17) is 5.73 Å². The first kappa shape index (κ1) is 11.6. The number of carbonyl (C=O) groups excluding carboxylic acids is 1. The molecule has 2 rings (SSSR count). The Morgan fingerprint density at radius 3 is 2.76 bits per heavy atom. The van der Waals surface area contributed by atoms with Crippen molar-refractivity contribution in [1.29, 1.82) is 0 Å². The average molecular weight is 228 g/mol. The first-order valence-electron chi connectivity index (χ1n) is 5.78. The van der Waals surface area contributed by atoms with Crippen LogP contribution in [0, 0.1) is 6.92 Å². The number of rotatable bonds is 3. The maximum absolute atomic E-state index is 11.1. The molecule has 1 heterocycles. The number of nitrogens with two attached hydrogens (primary N) is 1. The minimum absolute atomic E-state index is 0.271. The van der Waals surface area contributed by atoms with Gasteiger partial charge in [0, 0.05) is 11.1 Å². The van der Waals surface area contributed by atoms with Gasteiger partial charge in [-0.05, 0) is 30.5 Å². The summed E-state index contributed by atoms with van der Waals surface area (Å²) >= 11 is 0. The van der Waals surface area contributed by atoms with Gasteiger partial charge in [0.1, 0.15) is 0 Å². The largest absolute Gasteiger partial charge is 0.369 e. The van der Waals surface area contributed by atoms with Crippen LogP contribution in [-0.4, -0.2) is 10.9 Å². The lowest BCUT2D eigenvalue weighted by atomic mass is 10.0. The number of aromatic nitrogens is 1. The van der Waals surface area contributed by atoms with Crippen molar-refractivity contribution >= 4 is 16.8 Å². The van der Waals surface area contributed by atoms with Gasteiger partial charge in [0.2, 0.25) is 5.91 Å². The third-order valence-electron chi connectivity index (χ3n) is 2.88. The molecule has 0 aliphatic carbocycles. The van der Waals surface area contributed by atoms with Crippen LogP contribution in [0.5, 0.6) is 0 Å². The summed E-state index contributed by atoms with van der Waals surface area (Å²) in [7, 11) is 0. The van der Waals surface area contributed by atoms with Crippen molar-refractivity contribution in [3.05, 3.63) is 41.1 Å². The molecule has 17 heavy (non-hydrogen) atoms. The molecule has 3 nitrogen and oxygen atoms in total. The van der Waals surface area contributed by atoms with E-state index in [1.54, 1.807) is 0 Å². The zero-order valence-electron chi connectivity index (χ0n) is 10.2. The summed E-state index contributed by atoms with van der Waals surface area (Å²) in [6.07, 6.45) is 1.21. The Morgan fingerprint density at radius 1 is 1.35 bits per heavy atom. The molecule has 0 aliphatic rings. The predicted octanol–water partition coefficient (Wildman–Crippen LogP) is 2.13. The highest BCUT2D eigenvalue weighted by Gasteiger charge is 2.08. The van der Waals surface area contributed by atoms with Gasteiger partial charge in [-0.2, -0.15) is 0 Å². The maximum Gasteiger partial charge on any atom is 0.221 e. The van der Waals surface area contributed by atoms with E-state index in [0.29, 0.717) is 0 Å². The molecule has 0 aliphatic heterocycles. The van der Waals surface area contributed by atoms with Gasteiger partial charge in [0.25, 0.3) is 0 Å². The van der Waals surface area contributed by atoms with E-state index < -0.39 is 0 Å². The summed E-state index contributed by atoms with van der Waals surface area (Å²) in [4.78, 5) is 15.6. The first-order chi connectivity index (χ1) is 8.11. The van der Waals surface area contributed by atoms with Crippen molar-refractivity contribution in [2.75, 3.05) is 0 Å². The second kappa shape index (κ2) is 4.53. The van der Waals surface area contributed by atoms with Crippen LogP contribution in [-0.2, 0) is 17.6 Å². The Bertz CT molecular complexity index is 576. The lowest BCUT2D eigenvalue weighted by molar-refractivity contribution is -0.117. The van der Waals surface area contributed by atoms with Gasteiger partial charge in [-0.25, -0.2) is 0 Å². The van der Waals surface area contributed by atoms with Crippen molar-refractivity contribution in [3.63, 3.8) is 0 Å². The van der Waals surface area contributed by atoms with E-state index in [0.717, 1.165) is 28.6 Å². The molecule has 0 atom stereocenters. The summed E-state index contributed by atoms with van der Waals surface area (Å²) in [5.41, 5.74) is 9.37. The highest BCUT2D eigenvalue weighted by atomic mass is 16.1. The first-order valence-corrected chi connectivity index (χ1v) is 5.78. The number of benzene rings is 1. The zero-order chi connectivity index (χ0) is 12.4. The number of hydrogen-bond acceptors (Lipinski definition) is 2.